The van der Waals surface area contributed by atoms with Gasteiger partial charge in [0.05, 0.1) is 11.6 Å². The van der Waals surface area contributed by atoms with E-state index in [0.717, 1.165) is 0 Å². The Kier molecular flexibility index (Phi) is 6.64. The predicted octanol–water partition coefficient (Wildman–Crippen LogP) is 5.52. The molecule has 0 aliphatic rings. The van der Waals surface area contributed by atoms with Crippen LogP contribution in [0.25, 0.3) is 0 Å². The minimum Gasteiger partial charge on any atom is -0.470 e. The second-order valence-corrected chi connectivity index (χ2v) is 7.82. The van der Waals surface area contributed by atoms with Gasteiger partial charge in [-0.2, -0.15) is 10.2 Å². The van der Waals surface area contributed by atoms with E-state index in [-0.39, 0.29) is 40.4 Å². The Hall–Kier alpha value is -3.07. The van der Waals surface area contributed by atoms with E-state index in [1.807, 2.05) is 0 Å². The van der Waals surface area contributed by atoms with E-state index in [9.17, 15) is 9.18 Å². The summed E-state index contributed by atoms with van der Waals surface area (Å²) in [5, 5.41) is 11.8. The molecular weight excluding hydrogens is 480 g/mol. The van der Waals surface area contributed by atoms with Crippen LogP contribution in [0.4, 0.5) is 10.2 Å². The van der Waals surface area contributed by atoms with Crippen LogP contribution in [0.1, 0.15) is 16.1 Å². The van der Waals surface area contributed by atoms with Crippen LogP contribution in [0.15, 0.2) is 60.9 Å². The largest absolute Gasteiger partial charge is 0.470 e. The number of carbonyl (C=O) groups is 1. The quantitative estimate of drug-likeness (QED) is 0.367. The molecule has 4 aromatic rings. The van der Waals surface area contributed by atoms with Crippen LogP contribution in [0.5, 0.6) is 5.75 Å². The number of hydrogen-bond acceptors (Lipinski definition) is 4. The number of aromatic nitrogens is 4. The van der Waals surface area contributed by atoms with Gasteiger partial charge in [-0.25, -0.2) is 9.07 Å². The number of benzene rings is 2. The SMILES string of the molecule is O=C(Nc1nn(Cc2c(F)cccc2Cl)cc1Cl)c1ccnn1COc1ccccc1Cl. The Bertz CT molecular complexity index is 1250. The maximum Gasteiger partial charge on any atom is 0.275 e. The first kappa shape index (κ1) is 22.1. The van der Waals surface area contributed by atoms with Gasteiger partial charge in [0, 0.05) is 23.0 Å². The fraction of sp³-hybridized carbons (Fsp3) is 0.0952. The highest BCUT2D eigenvalue weighted by molar-refractivity contribution is 6.33. The highest BCUT2D eigenvalue weighted by Gasteiger charge is 2.17. The van der Waals surface area contributed by atoms with Crippen molar-refractivity contribution >= 4 is 46.5 Å². The Morgan fingerprint density at radius 3 is 2.59 bits per heavy atom. The standard InChI is InChI=1S/C21H15Cl3FN5O2/c22-14-5-3-6-17(25)13(14)10-29-11-16(24)20(28-29)27-21(31)18-8-9-26-30(18)12-32-19-7-2-1-4-15(19)23/h1-9,11H,10,12H2,(H,27,28,31). The number of hydrogen-bond donors (Lipinski definition) is 1. The molecule has 0 bridgehead atoms. The second kappa shape index (κ2) is 9.60. The highest BCUT2D eigenvalue weighted by Crippen LogP contribution is 2.25. The first-order valence-corrected chi connectivity index (χ1v) is 10.4. The van der Waals surface area contributed by atoms with E-state index in [0.29, 0.717) is 10.8 Å². The number of nitrogens with one attached hydrogen (secondary N) is 1. The lowest BCUT2D eigenvalue weighted by Crippen LogP contribution is -2.20. The summed E-state index contributed by atoms with van der Waals surface area (Å²) in [6.07, 6.45) is 2.93. The number of rotatable bonds is 7. The van der Waals surface area contributed by atoms with Gasteiger partial charge < -0.3 is 10.1 Å². The molecule has 2 aromatic heterocycles. The molecule has 2 aromatic carbocycles. The van der Waals surface area contributed by atoms with E-state index in [2.05, 4.69) is 15.5 Å². The van der Waals surface area contributed by atoms with Crippen LogP contribution < -0.4 is 10.1 Å². The summed E-state index contributed by atoms with van der Waals surface area (Å²) in [4.78, 5) is 12.8. The van der Waals surface area contributed by atoms with Crippen molar-refractivity contribution in [1.29, 1.82) is 0 Å². The molecule has 164 valence electrons. The van der Waals surface area contributed by atoms with Crippen molar-refractivity contribution in [3.8, 4) is 5.75 Å². The zero-order valence-corrected chi connectivity index (χ0v) is 18.6. The molecule has 0 atom stereocenters. The summed E-state index contributed by atoms with van der Waals surface area (Å²) in [6, 6.07) is 12.9. The number of anilines is 1. The summed E-state index contributed by atoms with van der Waals surface area (Å²) in [7, 11) is 0. The number of amides is 1. The maximum absolute atomic E-state index is 14.0. The molecule has 11 heteroatoms. The molecule has 0 aliphatic carbocycles. The fourth-order valence-corrected chi connectivity index (χ4v) is 3.51. The molecule has 0 fully saturated rings. The van der Waals surface area contributed by atoms with E-state index in [1.165, 1.54) is 40.0 Å². The van der Waals surface area contributed by atoms with E-state index in [4.69, 9.17) is 39.5 Å². The van der Waals surface area contributed by atoms with Crippen LogP contribution >= 0.6 is 34.8 Å². The van der Waals surface area contributed by atoms with E-state index in [1.54, 1.807) is 30.3 Å². The summed E-state index contributed by atoms with van der Waals surface area (Å²) < 4.78 is 22.4. The number of carbonyl (C=O) groups excluding carboxylic acids is 1. The minimum absolute atomic E-state index is 0.0343. The Morgan fingerprint density at radius 2 is 1.81 bits per heavy atom. The molecule has 1 amide bonds. The lowest BCUT2D eigenvalue weighted by molar-refractivity contribution is 0.100. The third kappa shape index (κ3) is 4.88. The van der Waals surface area contributed by atoms with Crippen LogP contribution in [0.3, 0.4) is 0 Å². The molecule has 0 aliphatic heterocycles. The number of halogens is 4. The zero-order chi connectivity index (χ0) is 22.7. The molecule has 0 unspecified atom stereocenters. The fourth-order valence-electron chi connectivity index (χ4n) is 2.90. The molecule has 0 radical (unpaired) electrons. The molecule has 0 spiro atoms. The highest BCUT2D eigenvalue weighted by atomic mass is 35.5. The van der Waals surface area contributed by atoms with E-state index < -0.39 is 11.7 Å². The van der Waals surface area contributed by atoms with Gasteiger partial charge in [0.2, 0.25) is 0 Å². The third-order valence-corrected chi connectivity index (χ3v) is 5.40. The van der Waals surface area contributed by atoms with Crippen LogP contribution in [0.2, 0.25) is 15.1 Å². The monoisotopic (exact) mass is 493 g/mol. The summed E-state index contributed by atoms with van der Waals surface area (Å²) in [5.41, 5.74) is 0.487. The Labute approximate surface area is 197 Å². The lowest BCUT2D eigenvalue weighted by Gasteiger charge is -2.10. The van der Waals surface area contributed by atoms with Crippen molar-refractivity contribution < 1.29 is 13.9 Å². The summed E-state index contributed by atoms with van der Waals surface area (Å²) in [5.74, 6) is -0.382. The first-order chi connectivity index (χ1) is 15.4. The number of nitrogens with zero attached hydrogens (tertiary/aromatic N) is 4. The Morgan fingerprint density at radius 1 is 1.03 bits per heavy atom. The van der Waals surface area contributed by atoms with Gasteiger partial charge in [-0.05, 0) is 30.3 Å². The van der Waals surface area contributed by atoms with Gasteiger partial charge in [0.15, 0.2) is 12.5 Å². The van der Waals surface area contributed by atoms with Gasteiger partial charge in [0.1, 0.15) is 22.3 Å². The van der Waals surface area contributed by atoms with E-state index >= 15 is 0 Å². The maximum atomic E-state index is 14.0. The minimum atomic E-state index is -0.499. The topological polar surface area (TPSA) is 74.0 Å². The van der Waals surface area contributed by atoms with Crippen molar-refractivity contribution in [2.24, 2.45) is 0 Å². The second-order valence-electron chi connectivity index (χ2n) is 6.60. The molecule has 32 heavy (non-hydrogen) atoms. The van der Waals surface area contributed by atoms with Gasteiger partial charge in [0.25, 0.3) is 5.91 Å². The zero-order valence-electron chi connectivity index (χ0n) is 16.3. The van der Waals surface area contributed by atoms with Crippen LogP contribution in [-0.2, 0) is 13.3 Å². The molecule has 0 saturated heterocycles. The summed E-state index contributed by atoms with van der Waals surface area (Å²) >= 11 is 18.4. The normalized spacial score (nSPS) is 10.9. The smallest absolute Gasteiger partial charge is 0.275 e. The van der Waals surface area contributed by atoms with Crippen molar-refractivity contribution in [3.05, 3.63) is 93.1 Å². The Balaban J connectivity index is 1.46. The average molecular weight is 495 g/mol. The third-order valence-electron chi connectivity index (χ3n) is 4.46. The van der Waals surface area contributed by atoms with Gasteiger partial charge in [-0.15, -0.1) is 0 Å². The van der Waals surface area contributed by atoms with Gasteiger partial charge in [-0.3, -0.25) is 9.48 Å². The molecule has 4 rings (SSSR count). The molecule has 7 nitrogen and oxygen atoms in total. The number of para-hydroxylation sites is 1. The van der Waals surface area contributed by atoms with Gasteiger partial charge in [-0.1, -0.05) is 53.0 Å². The van der Waals surface area contributed by atoms with Gasteiger partial charge >= 0.3 is 0 Å². The molecule has 0 saturated carbocycles. The lowest BCUT2D eigenvalue weighted by atomic mass is 10.2. The predicted molar refractivity (Wildman–Crippen MR) is 120 cm³/mol. The van der Waals surface area contributed by atoms with Crippen LogP contribution in [-0.4, -0.2) is 25.5 Å². The number of ether oxygens (including phenoxy) is 1. The first-order valence-electron chi connectivity index (χ1n) is 9.28. The van der Waals surface area contributed by atoms with Crippen molar-refractivity contribution in [3.63, 3.8) is 0 Å². The average Bonchev–Trinajstić information content (AvgIpc) is 3.37. The molecular formula is C21H15Cl3FN5O2. The molecule has 2 heterocycles. The molecule has 1 N–H and O–H groups in total. The van der Waals surface area contributed by atoms with Crippen molar-refractivity contribution in [1.82, 2.24) is 19.6 Å². The van der Waals surface area contributed by atoms with Crippen molar-refractivity contribution in [2.45, 2.75) is 13.3 Å². The summed E-state index contributed by atoms with van der Waals surface area (Å²) in [6.45, 7) is 0.0121. The van der Waals surface area contributed by atoms with Crippen LogP contribution in [0, 0.1) is 5.82 Å². The van der Waals surface area contributed by atoms with Crippen molar-refractivity contribution in [2.75, 3.05) is 5.32 Å².